The van der Waals surface area contributed by atoms with Crippen molar-refractivity contribution in [1.29, 1.82) is 0 Å². The van der Waals surface area contributed by atoms with E-state index in [1.54, 1.807) is 0 Å². The zero-order valence-electron chi connectivity index (χ0n) is 13.3. The van der Waals surface area contributed by atoms with Crippen LogP contribution in [-0.4, -0.2) is 21.8 Å². The highest BCUT2D eigenvalue weighted by Crippen LogP contribution is 2.46. The van der Waals surface area contributed by atoms with Gasteiger partial charge in [0.25, 0.3) is 17.1 Å². The summed E-state index contributed by atoms with van der Waals surface area (Å²) in [4.78, 5) is 30.5. The molecule has 13 heteroatoms. The Kier molecular flexibility index (Phi) is 4.96. The molecule has 0 unspecified atom stereocenters. The van der Waals surface area contributed by atoms with Crippen LogP contribution < -0.4 is 4.90 Å². The maximum atomic E-state index is 13.4. The third kappa shape index (κ3) is 3.91. The van der Waals surface area contributed by atoms with Crippen LogP contribution in [0.4, 0.5) is 41.6 Å². The van der Waals surface area contributed by atoms with Gasteiger partial charge >= 0.3 is 6.18 Å². The third-order valence-electron chi connectivity index (χ3n) is 3.55. The summed E-state index contributed by atoms with van der Waals surface area (Å²) < 4.78 is 40.3. The number of alkyl halides is 3. The minimum absolute atomic E-state index is 0.147. The second-order valence-corrected chi connectivity index (χ2v) is 5.21. The lowest BCUT2D eigenvalue weighted by Gasteiger charge is -2.23. The summed E-state index contributed by atoms with van der Waals surface area (Å²) in [7, 11) is 1.03. The van der Waals surface area contributed by atoms with Crippen molar-refractivity contribution in [3.05, 3.63) is 72.3 Å². The van der Waals surface area contributed by atoms with E-state index in [1.165, 1.54) is 12.1 Å². The van der Waals surface area contributed by atoms with E-state index in [0.29, 0.717) is 6.07 Å². The molecule has 0 aromatic heterocycles. The summed E-state index contributed by atoms with van der Waals surface area (Å²) in [6.45, 7) is 0. The molecule has 2 aromatic rings. The van der Waals surface area contributed by atoms with Gasteiger partial charge in [-0.1, -0.05) is 6.07 Å². The average Bonchev–Trinajstić information content (AvgIpc) is 2.59. The Bertz CT molecular complexity index is 947. The first-order valence-electron chi connectivity index (χ1n) is 6.95. The molecule has 0 saturated heterocycles. The molecule has 142 valence electrons. The van der Waals surface area contributed by atoms with E-state index in [2.05, 4.69) is 0 Å². The second kappa shape index (κ2) is 6.86. The Balaban J connectivity index is 2.80. The molecule has 0 aliphatic carbocycles. The van der Waals surface area contributed by atoms with Crippen LogP contribution in [0, 0.1) is 30.3 Å². The number of non-ortho nitro benzene ring substituents is 2. The van der Waals surface area contributed by atoms with Crippen LogP contribution in [0.25, 0.3) is 0 Å². The molecule has 0 bridgehead atoms. The minimum atomic E-state index is -5.15. The number of benzene rings is 2. The van der Waals surface area contributed by atoms with Gasteiger partial charge in [-0.2, -0.15) is 13.2 Å². The zero-order chi connectivity index (χ0) is 20.5. The Morgan fingerprint density at radius 1 is 0.889 bits per heavy atom. The highest BCUT2D eigenvalue weighted by molar-refractivity contribution is 5.78. The van der Waals surface area contributed by atoms with Crippen LogP contribution in [0.2, 0.25) is 0 Å². The maximum Gasteiger partial charge on any atom is 0.418 e. The minimum Gasteiger partial charge on any atom is -0.338 e. The molecule has 27 heavy (non-hydrogen) atoms. The van der Waals surface area contributed by atoms with Crippen molar-refractivity contribution in [3.63, 3.8) is 0 Å². The Hall–Kier alpha value is -3.77. The Morgan fingerprint density at radius 3 is 1.96 bits per heavy atom. The molecule has 0 atom stereocenters. The number of hydrogen-bond acceptors (Lipinski definition) is 7. The van der Waals surface area contributed by atoms with Gasteiger partial charge in [-0.15, -0.1) is 0 Å². The molecule has 0 N–H and O–H groups in total. The lowest BCUT2D eigenvalue weighted by Crippen LogP contribution is -2.19. The van der Waals surface area contributed by atoms with Crippen molar-refractivity contribution in [1.82, 2.24) is 0 Å². The zero-order valence-corrected chi connectivity index (χ0v) is 13.3. The SMILES string of the molecule is CN(c1cccc([N+](=O)[O-])c1)c1c([N+](=O)[O-])cc([N+](=O)[O-])cc1C(F)(F)F. The van der Waals surface area contributed by atoms with Gasteiger partial charge in [-0.3, -0.25) is 30.3 Å². The van der Waals surface area contributed by atoms with E-state index < -0.39 is 49.3 Å². The molecule has 0 spiro atoms. The lowest BCUT2D eigenvalue weighted by atomic mass is 10.1. The fraction of sp³-hybridized carbons (Fsp3) is 0.143. The van der Waals surface area contributed by atoms with Crippen LogP contribution in [-0.2, 0) is 6.18 Å². The van der Waals surface area contributed by atoms with Gasteiger partial charge in [0.15, 0.2) is 0 Å². The molecular weight excluding hydrogens is 377 g/mol. The molecule has 0 radical (unpaired) electrons. The average molecular weight is 386 g/mol. The summed E-state index contributed by atoms with van der Waals surface area (Å²) in [5.41, 5.74) is -5.45. The van der Waals surface area contributed by atoms with E-state index >= 15 is 0 Å². The maximum absolute atomic E-state index is 13.4. The number of anilines is 2. The predicted molar refractivity (Wildman–Crippen MR) is 85.9 cm³/mol. The number of halogens is 3. The van der Waals surface area contributed by atoms with Gasteiger partial charge in [-0.25, -0.2) is 0 Å². The van der Waals surface area contributed by atoms with Crippen LogP contribution in [0.5, 0.6) is 0 Å². The first-order chi connectivity index (χ1) is 12.4. The molecule has 0 saturated carbocycles. The lowest BCUT2D eigenvalue weighted by molar-refractivity contribution is -0.394. The van der Waals surface area contributed by atoms with E-state index in [-0.39, 0.29) is 11.8 Å². The van der Waals surface area contributed by atoms with Gasteiger partial charge in [0.2, 0.25) is 0 Å². The number of nitrogens with zero attached hydrogens (tertiary/aromatic N) is 4. The summed E-state index contributed by atoms with van der Waals surface area (Å²) in [5, 5.41) is 33.0. The van der Waals surface area contributed by atoms with Crippen molar-refractivity contribution in [3.8, 4) is 0 Å². The summed E-state index contributed by atoms with van der Waals surface area (Å²) in [6, 6.07) is 4.99. The van der Waals surface area contributed by atoms with Crippen LogP contribution in [0.1, 0.15) is 5.56 Å². The Morgan fingerprint density at radius 2 is 1.48 bits per heavy atom. The quantitative estimate of drug-likeness (QED) is 0.555. The van der Waals surface area contributed by atoms with E-state index in [1.807, 2.05) is 0 Å². The third-order valence-corrected chi connectivity index (χ3v) is 3.55. The molecule has 10 nitrogen and oxygen atoms in total. The van der Waals surface area contributed by atoms with Crippen LogP contribution in [0.15, 0.2) is 36.4 Å². The number of hydrogen-bond donors (Lipinski definition) is 0. The van der Waals surface area contributed by atoms with Crippen molar-refractivity contribution in [2.24, 2.45) is 0 Å². The first kappa shape index (κ1) is 19.6. The first-order valence-corrected chi connectivity index (χ1v) is 6.95. The van der Waals surface area contributed by atoms with Gasteiger partial charge in [0, 0.05) is 30.9 Å². The molecule has 2 aromatic carbocycles. The summed E-state index contributed by atoms with van der Waals surface area (Å²) in [5.74, 6) is 0. The summed E-state index contributed by atoms with van der Waals surface area (Å²) in [6.07, 6.45) is -5.15. The van der Waals surface area contributed by atoms with Crippen molar-refractivity contribution < 1.29 is 27.9 Å². The Labute approximate surface area is 147 Å². The second-order valence-electron chi connectivity index (χ2n) is 5.21. The van der Waals surface area contributed by atoms with E-state index in [0.717, 1.165) is 24.1 Å². The largest absolute Gasteiger partial charge is 0.418 e. The number of nitro benzene ring substituents is 3. The number of rotatable bonds is 5. The fourth-order valence-corrected chi connectivity index (χ4v) is 2.36. The van der Waals surface area contributed by atoms with Crippen molar-refractivity contribution in [2.75, 3.05) is 11.9 Å². The molecule has 0 aliphatic rings. The van der Waals surface area contributed by atoms with E-state index in [9.17, 15) is 43.5 Å². The fourth-order valence-electron chi connectivity index (χ4n) is 2.36. The number of nitro groups is 3. The molecule has 2 rings (SSSR count). The monoisotopic (exact) mass is 386 g/mol. The normalized spacial score (nSPS) is 11.1. The van der Waals surface area contributed by atoms with Crippen molar-refractivity contribution in [2.45, 2.75) is 6.18 Å². The molecule has 0 heterocycles. The highest BCUT2D eigenvalue weighted by atomic mass is 19.4. The van der Waals surface area contributed by atoms with Crippen molar-refractivity contribution >= 4 is 28.4 Å². The van der Waals surface area contributed by atoms with Gasteiger partial charge < -0.3 is 4.90 Å². The van der Waals surface area contributed by atoms with Gasteiger partial charge in [-0.05, 0) is 6.07 Å². The standard InChI is InChI=1S/C14H9F3N4O6/c1-18(8-3-2-4-9(5-8)19(22)23)13-11(14(15,16)17)6-10(20(24)25)7-12(13)21(26)27/h2-7H,1H3. The van der Waals surface area contributed by atoms with Crippen LogP contribution >= 0.6 is 0 Å². The molecule has 0 aliphatic heterocycles. The van der Waals surface area contributed by atoms with Crippen LogP contribution in [0.3, 0.4) is 0 Å². The van der Waals surface area contributed by atoms with E-state index in [4.69, 9.17) is 0 Å². The highest BCUT2D eigenvalue weighted by Gasteiger charge is 2.41. The topological polar surface area (TPSA) is 133 Å². The predicted octanol–water partition coefficient (Wildman–Crippen LogP) is 4.20. The molecule has 0 amide bonds. The smallest absolute Gasteiger partial charge is 0.338 e. The van der Waals surface area contributed by atoms with Gasteiger partial charge in [0.1, 0.15) is 5.69 Å². The molecular formula is C14H9F3N4O6. The molecule has 0 fully saturated rings. The van der Waals surface area contributed by atoms with Gasteiger partial charge in [0.05, 0.1) is 26.4 Å². The summed E-state index contributed by atoms with van der Waals surface area (Å²) >= 11 is 0.